The molecule has 0 amide bonds. The van der Waals surface area contributed by atoms with Crippen LogP contribution in [0.1, 0.15) is 55.2 Å². The summed E-state index contributed by atoms with van der Waals surface area (Å²) in [5, 5.41) is 12.9. The Hall–Kier alpha value is -4.47. The number of nitrogen functional groups attached to an aromatic ring is 1. The van der Waals surface area contributed by atoms with Gasteiger partial charge in [-0.3, -0.25) is 14.8 Å². The van der Waals surface area contributed by atoms with Crippen molar-refractivity contribution in [2.75, 3.05) is 25.3 Å². The van der Waals surface area contributed by atoms with E-state index in [1.807, 2.05) is 35.8 Å². The Morgan fingerprint density at radius 3 is 2.59 bits per heavy atom. The molecule has 0 bridgehead atoms. The molecule has 4 N–H and O–H groups in total. The summed E-state index contributed by atoms with van der Waals surface area (Å²) in [6, 6.07) is 12.3. The minimum Gasteiger partial charge on any atom is -0.493 e. The van der Waals surface area contributed by atoms with Gasteiger partial charge in [-0.15, -0.1) is 0 Å². The Bertz CT molecular complexity index is 1550. The van der Waals surface area contributed by atoms with Crippen LogP contribution in [0.25, 0.3) is 10.9 Å². The highest BCUT2D eigenvalue weighted by Crippen LogP contribution is 2.34. The Morgan fingerprint density at radius 2 is 1.89 bits per heavy atom. The highest BCUT2D eigenvalue weighted by Gasteiger charge is 2.28. The minimum absolute atomic E-state index is 0.0422. The molecule has 1 aliphatic rings. The Morgan fingerprint density at radius 1 is 1.14 bits per heavy atom. The Balaban J connectivity index is 1.55. The Labute approximate surface area is 214 Å². The average Bonchev–Trinajstić information content (AvgIpc) is 2.88. The summed E-state index contributed by atoms with van der Waals surface area (Å²) in [7, 11) is 3.09. The molecule has 1 aliphatic carbocycles. The molecule has 1 fully saturated rings. The van der Waals surface area contributed by atoms with Crippen molar-refractivity contribution >= 4 is 28.3 Å². The van der Waals surface area contributed by atoms with Gasteiger partial charge in [0.2, 0.25) is 0 Å². The first-order valence-corrected chi connectivity index (χ1v) is 12.1. The van der Waals surface area contributed by atoms with Crippen molar-refractivity contribution in [2.45, 2.75) is 38.3 Å². The highest BCUT2D eigenvalue weighted by atomic mass is 16.5. The number of rotatable bonds is 8. The van der Waals surface area contributed by atoms with Gasteiger partial charge < -0.3 is 20.5 Å². The third-order valence-corrected chi connectivity index (χ3v) is 6.81. The topological polar surface area (TPSA) is 141 Å². The van der Waals surface area contributed by atoms with E-state index < -0.39 is 6.04 Å². The third-order valence-electron chi connectivity index (χ3n) is 6.81. The number of fused-ring (bicyclic) bond motifs is 1. The quantitative estimate of drug-likeness (QED) is 0.308. The number of hydrogen-bond acceptors (Lipinski definition) is 9. The maximum atomic E-state index is 13.5. The van der Waals surface area contributed by atoms with E-state index in [9.17, 15) is 4.79 Å². The number of para-hydroxylation sites is 1. The average molecular weight is 500 g/mol. The third kappa shape index (κ3) is 4.35. The number of ether oxygens (including phenoxy) is 2. The summed E-state index contributed by atoms with van der Waals surface area (Å²) in [5.41, 5.74) is 7.88. The molecule has 2 heterocycles. The van der Waals surface area contributed by atoms with Crippen LogP contribution in [0.2, 0.25) is 0 Å². The lowest BCUT2D eigenvalue weighted by molar-refractivity contribution is 0.294. The van der Waals surface area contributed by atoms with Crippen LogP contribution in [0, 0.1) is 5.41 Å². The van der Waals surface area contributed by atoms with Crippen molar-refractivity contribution in [2.24, 2.45) is 0 Å². The molecule has 0 saturated heterocycles. The fourth-order valence-electron chi connectivity index (χ4n) is 4.63. The molecule has 5 rings (SSSR count). The van der Waals surface area contributed by atoms with Crippen molar-refractivity contribution in [3.63, 3.8) is 0 Å². The van der Waals surface area contributed by atoms with Crippen LogP contribution >= 0.6 is 0 Å². The molecule has 1 saturated carbocycles. The van der Waals surface area contributed by atoms with Gasteiger partial charge in [0.05, 0.1) is 42.4 Å². The van der Waals surface area contributed by atoms with Crippen molar-refractivity contribution in [1.29, 1.82) is 5.41 Å². The smallest absolute Gasteiger partial charge is 0.261 e. The van der Waals surface area contributed by atoms with Gasteiger partial charge in [0.1, 0.15) is 23.8 Å². The van der Waals surface area contributed by atoms with E-state index in [0.29, 0.717) is 45.2 Å². The van der Waals surface area contributed by atoms with E-state index in [1.165, 1.54) is 13.4 Å². The van der Waals surface area contributed by atoms with E-state index in [-0.39, 0.29) is 23.1 Å². The van der Waals surface area contributed by atoms with Crippen LogP contribution in [0.15, 0.2) is 53.6 Å². The molecule has 2 aromatic heterocycles. The van der Waals surface area contributed by atoms with E-state index >= 15 is 0 Å². The summed E-state index contributed by atoms with van der Waals surface area (Å²) < 4.78 is 12.5. The zero-order chi connectivity index (χ0) is 26.1. The predicted molar refractivity (Wildman–Crippen MR) is 143 cm³/mol. The van der Waals surface area contributed by atoms with Crippen LogP contribution in [0.4, 0.5) is 11.6 Å². The molecule has 37 heavy (non-hydrogen) atoms. The van der Waals surface area contributed by atoms with Gasteiger partial charge in [0, 0.05) is 11.6 Å². The molecule has 10 heteroatoms. The first-order chi connectivity index (χ1) is 17.9. The molecule has 2 aromatic carbocycles. The fraction of sp³-hybridized carbons (Fsp3) is 0.296. The molecule has 4 aromatic rings. The summed E-state index contributed by atoms with van der Waals surface area (Å²) in [4.78, 5) is 26.9. The monoisotopic (exact) mass is 499 g/mol. The lowest BCUT2D eigenvalue weighted by Crippen LogP contribution is -2.34. The first kappa shape index (κ1) is 24.2. The maximum Gasteiger partial charge on any atom is 0.261 e. The van der Waals surface area contributed by atoms with Gasteiger partial charge >= 0.3 is 0 Å². The largest absolute Gasteiger partial charge is 0.493 e. The van der Waals surface area contributed by atoms with Gasteiger partial charge in [0.15, 0.2) is 11.5 Å². The molecule has 1 unspecified atom stereocenters. The number of methoxy groups -OCH3 is 2. The van der Waals surface area contributed by atoms with Gasteiger partial charge in [-0.05, 0) is 56.5 Å². The number of aromatic nitrogens is 4. The van der Waals surface area contributed by atoms with Crippen molar-refractivity contribution < 1.29 is 9.47 Å². The first-order valence-electron chi connectivity index (χ1n) is 12.1. The molecule has 1 atom stereocenters. The summed E-state index contributed by atoms with van der Waals surface area (Å²) in [5.74, 6) is 2.21. The molecular weight excluding hydrogens is 470 g/mol. The summed E-state index contributed by atoms with van der Waals surface area (Å²) in [6.07, 6.45) is 4.31. The maximum absolute atomic E-state index is 13.5. The standard InChI is InChI=1S/C27H29N7O3/c1-15(26-33-19-10-5-4-9-18(19)27(35)34(26)17-7-6-8-17)32-25-22(24(29)30-14-31-25)23(28)16-11-12-20(36-2)21(13-16)37-3/h4-5,9-15,17,28H,6-8H2,1-3H3,(H3,29,30,31,32). The molecule has 0 spiro atoms. The van der Waals surface area contributed by atoms with Gasteiger partial charge in [0.25, 0.3) is 5.56 Å². The second kappa shape index (κ2) is 9.88. The summed E-state index contributed by atoms with van der Waals surface area (Å²) in [6.45, 7) is 1.92. The van der Waals surface area contributed by atoms with Crippen molar-refractivity contribution in [3.05, 3.63) is 76.1 Å². The second-order valence-corrected chi connectivity index (χ2v) is 9.04. The molecule has 0 radical (unpaired) electrons. The number of benzene rings is 2. The highest BCUT2D eigenvalue weighted by molar-refractivity contribution is 6.16. The molecule has 10 nitrogen and oxygen atoms in total. The van der Waals surface area contributed by atoms with Gasteiger partial charge in [-0.2, -0.15) is 0 Å². The zero-order valence-electron chi connectivity index (χ0n) is 21.0. The van der Waals surface area contributed by atoms with E-state index in [2.05, 4.69) is 15.3 Å². The van der Waals surface area contributed by atoms with Crippen LogP contribution in [0.5, 0.6) is 11.5 Å². The van der Waals surface area contributed by atoms with Crippen LogP contribution in [-0.4, -0.2) is 39.5 Å². The van der Waals surface area contributed by atoms with Crippen molar-refractivity contribution in [3.8, 4) is 11.5 Å². The second-order valence-electron chi connectivity index (χ2n) is 9.04. The van der Waals surface area contributed by atoms with E-state index in [4.69, 9.17) is 25.6 Å². The van der Waals surface area contributed by atoms with Crippen LogP contribution in [-0.2, 0) is 0 Å². The van der Waals surface area contributed by atoms with Gasteiger partial charge in [-0.25, -0.2) is 15.0 Å². The molecule has 0 aliphatic heterocycles. The lowest BCUT2D eigenvalue weighted by atomic mass is 9.92. The predicted octanol–water partition coefficient (Wildman–Crippen LogP) is 4.10. The number of nitrogens with two attached hydrogens (primary N) is 1. The number of hydrogen-bond donors (Lipinski definition) is 3. The summed E-state index contributed by atoms with van der Waals surface area (Å²) >= 11 is 0. The minimum atomic E-state index is -0.399. The molecular formula is C27H29N7O3. The number of anilines is 2. The zero-order valence-corrected chi connectivity index (χ0v) is 21.0. The number of nitrogens with zero attached hydrogens (tertiary/aromatic N) is 4. The molecule has 190 valence electrons. The fourth-order valence-corrected chi connectivity index (χ4v) is 4.63. The number of nitrogens with one attached hydrogen (secondary N) is 2. The normalized spacial score (nSPS) is 14.1. The SMILES string of the molecule is COc1ccc(C(=N)c2c(N)ncnc2NC(C)c2nc3ccccc3c(=O)n2C2CCC2)cc1OC. The van der Waals surface area contributed by atoms with E-state index in [1.54, 1.807) is 25.3 Å². The Kier molecular flexibility index (Phi) is 6.47. The van der Waals surface area contributed by atoms with Crippen LogP contribution < -0.4 is 26.1 Å². The van der Waals surface area contributed by atoms with Crippen LogP contribution in [0.3, 0.4) is 0 Å². The lowest BCUT2D eigenvalue weighted by Gasteiger charge is -2.31. The van der Waals surface area contributed by atoms with E-state index in [0.717, 1.165) is 19.3 Å². The van der Waals surface area contributed by atoms with Gasteiger partial charge in [-0.1, -0.05) is 12.1 Å². The van der Waals surface area contributed by atoms with Crippen molar-refractivity contribution in [1.82, 2.24) is 19.5 Å².